The number of aromatic amines is 1. The standard InChI is InChI=1S/C15H21N3O2S.C2H6/c1-3-9-18(10-4-2)21(19,20)15-7-5-13(6-8-15)14-11-16-17-12-14;1-2/h5-8,11-12H,3-4,9-10H2,1-2H3,(H,16,17);1-2H3. The second-order valence-electron chi connectivity index (χ2n) is 4.92. The zero-order valence-electron chi connectivity index (χ0n) is 14.4. The molecule has 6 heteroatoms. The van der Waals surface area contributed by atoms with Gasteiger partial charge < -0.3 is 0 Å². The number of aromatic nitrogens is 2. The molecule has 0 atom stereocenters. The average Bonchev–Trinajstić information content (AvgIpc) is 3.11. The van der Waals surface area contributed by atoms with Crippen molar-refractivity contribution in [2.45, 2.75) is 45.4 Å². The Bertz CT molecular complexity index is 644. The lowest BCUT2D eigenvalue weighted by molar-refractivity contribution is 0.410. The molecule has 0 bridgehead atoms. The van der Waals surface area contributed by atoms with Gasteiger partial charge in [-0.15, -0.1) is 0 Å². The molecule has 1 heterocycles. The number of hydrogen-bond acceptors (Lipinski definition) is 3. The van der Waals surface area contributed by atoms with Gasteiger partial charge in [0.1, 0.15) is 0 Å². The van der Waals surface area contributed by atoms with Gasteiger partial charge in [0.15, 0.2) is 0 Å². The molecule has 0 aliphatic heterocycles. The van der Waals surface area contributed by atoms with E-state index in [0.717, 1.165) is 24.0 Å². The van der Waals surface area contributed by atoms with Crippen LogP contribution >= 0.6 is 0 Å². The molecule has 0 fully saturated rings. The van der Waals surface area contributed by atoms with E-state index in [2.05, 4.69) is 10.2 Å². The van der Waals surface area contributed by atoms with Crippen LogP contribution in [0.4, 0.5) is 0 Å². The van der Waals surface area contributed by atoms with Crippen LogP contribution in [0.15, 0.2) is 41.6 Å². The highest BCUT2D eigenvalue weighted by molar-refractivity contribution is 7.89. The largest absolute Gasteiger partial charge is 0.285 e. The first kappa shape index (κ1) is 19.4. The second-order valence-corrected chi connectivity index (χ2v) is 6.85. The lowest BCUT2D eigenvalue weighted by Gasteiger charge is -2.21. The molecule has 2 rings (SSSR count). The van der Waals surface area contributed by atoms with Crippen LogP contribution in [0.25, 0.3) is 11.1 Å². The highest BCUT2D eigenvalue weighted by atomic mass is 32.2. The molecule has 128 valence electrons. The maximum atomic E-state index is 12.6. The fourth-order valence-corrected chi connectivity index (χ4v) is 3.85. The minimum atomic E-state index is -3.40. The summed E-state index contributed by atoms with van der Waals surface area (Å²) in [7, 11) is -3.40. The minimum absolute atomic E-state index is 0.344. The zero-order chi connectivity index (χ0) is 17.3. The van der Waals surface area contributed by atoms with E-state index in [-0.39, 0.29) is 0 Å². The molecular weight excluding hydrogens is 310 g/mol. The smallest absolute Gasteiger partial charge is 0.243 e. The van der Waals surface area contributed by atoms with Gasteiger partial charge in [-0.3, -0.25) is 5.10 Å². The molecule has 1 aromatic heterocycles. The predicted octanol–water partition coefficient (Wildman–Crippen LogP) is 3.91. The van der Waals surface area contributed by atoms with Crippen LogP contribution in [0.5, 0.6) is 0 Å². The zero-order valence-corrected chi connectivity index (χ0v) is 15.2. The van der Waals surface area contributed by atoms with E-state index in [4.69, 9.17) is 0 Å². The Labute approximate surface area is 139 Å². The van der Waals surface area contributed by atoms with Crippen LogP contribution in [-0.4, -0.2) is 36.0 Å². The molecule has 1 aromatic carbocycles. The van der Waals surface area contributed by atoms with E-state index in [1.165, 1.54) is 0 Å². The van der Waals surface area contributed by atoms with Crippen LogP contribution in [0, 0.1) is 0 Å². The minimum Gasteiger partial charge on any atom is -0.285 e. The topological polar surface area (TPSA) is 66.1 Å². The third-order valence-corrected chi connectivity index (χ3v) is 5.18. The molecule has 23 heavy (non-hydrogen) atoms. The van der Waals surface area contributed by atoms with Gasteiger partial charge >= 0.3 is 0 Å². The van der Waals surface area contributed by atoms with E-state index >= 15 is 0 Å². The lowest BCUT2D eigenvalue weighted by Crippen LogP contribution is -2.32. The van der Waals surface area contributed by atoms with Gasteiger partial charge in [0.2, 0.25) is 10.0 Å². The normalized spacial score (nSPS) is 11.2. The van der Waals surface area contributed by atoms with Crippen molar-refractivity contribution in [3.63, 3.8) is 0 Å². The molecule has 0 saturated heterocycles. The third kappa shape index (κ3) is 4.91. The lowest BCUT2D eigenvalue weighted by atomic mass is 10.1. The summed E-state index contributed by atoms with van der Waals surface area (Å²) in [5.41, 5.74) is 1.89. The van der Waals surface area contributed by atoms with Gasteiger partial charge in [0.25, 0.3) is 0 Å². The molecule has 0 spiro atoms. The molecule has 0 saturated carbocycles. The van der Waals surface area contributed by atoms with Crippen molar-refractivity contribution in [2.75, 3.05) is 13.1 Å². The first-order chi connectivity index (χ1) is 11.1. The van der Waals surface area contributed by atoms with Gasteiger partial charge in [-0.1, -0.05) is 39.8 Å². The number of nitrogens with zero attached hydrogens (tertiary/aromatic N) is 2. The van der Waals surface area contributed by atoms with Gasteiger partial charge in [-0.25, -0.2) is 8.42 Å². The molecule has 1 N–H and O–H groups in total. The quantitative estimate of drug-likeness (QED) is 0.833. The summed E-state index contributed by atoms with van der Waals surface area (Å²) in [4.78, 5) is 0.344. The summed E-state index contributed by atoms with van der Waals surface area (Å²) in [5.74, 6) is 0. The Morgan fingerprint density at radius 1 is 1.00 bits per heavy atom. The van der Waals surface area contributed by atoms with Gasteiger partial charge in [-0.05, 0) is 30.5 Å². The van der Waals surface area contributed by atoms with Gasteiger partial charge in [0.05, 0.1) is 11.1 Å². The van der Waals surface area contributed by atoms with Crippen molar-refractivity contribution in [1.29, 1.82) is 0 Å². The summed E-state index contributed by atoms with van der Waals surface area (Å²) in [5, 5.41) is 6.64. The first-order valence-electron chi connectivity index (χ1n) is 8.19. The van der Waals surface area contributed by atoms with Crippen molar-refractivity contribution < 1.29 is 8.42 Å². The van der Waals surface area contributed by atoms with Crippen molar-refractivity contribution in [2.24, 2.45) is 0 Å². The highest BCUT2D eigenvalue weighted by Gasteiger charge is 2.22. The van der Waals surface area contributed by atoms with Crippen molar-refractivity contribution >= 4 is 10.0 Å². The fraction of sp³-hybridized carbons (Fsp3) is 0.471. The van der Waals surface area contributed by atoms with Crippen molar-refractivity contribution in [1.82, 2.24) is 14.5 Å². The molecule has 2 aromatic rings. The average molecular weight is 337 g/mol. The van der Waals surface area contributed by atoms with E-state index in [9.17, 15) is 8.42 Å². The Kier molecular flexibility index (Phi) is 7.98. The van der Waals surface area contributed by atoms with E-state index in [1.807, 2.05) is 39.8 Å². The number of nitrogens with one attached hydrogen (secondary N) is 1. The molecule has 0 amide bonds. The second kappa shape index (κ2) is 9.47. The molecular formula is C17H27N3O2S. The summed E-state index contributed by atoms with van der Waals surface area (Å²) in [6.45, 7) is 9.08. The summed E-state index contributed by atoms with van der Waals surface area (Å²) in [6.07, 6.45) is 5.12. The van der Waals surface area contributed by atoms with Crippen LogP contribution in [-0.2, 0) is 10.0 Å². The number of H-pyrrole nitrogens is 1. The number of sulfonamides is 1. The van der Waals surface area contributed by atoms with E-state index in [0.29, 0.717) is 18.0 Å². The van der Waals surface area contributed by atoms with E-state index < -0.39 is 10.0 Å². The predicted molar refractivity (Wildman–Crippen MR) is 94.7 cm³/mol. The van der Waals surface area contributed by atoms with Crippen molar-refractivity contribution in [3.8, 4) is 11.1 Å². The third-order valence-electron chi connectivity index (χ3n) is 3.27. The molecule has 5 nitrogen and oxygen atoms in total. The molecule has 0 unspecified atom stereocenters. The summed E-state index contributed by atoms with van der Waals surface area (Å²) >= 11 is 0. The highest BCUT2D eigenvalue weighted by Crippen LogP contribution is 2.22. The molecule has 0 radical (unpaired) electrons. The Balaban J connectivity index is 0.00000127. The number of rotatable bonds is 7. The van der Waals surface area contributed by atoms with Crippen LogP contribution in [0.2, 0.25) is 0 Å². The van der Waals surface area contributed by atoms with Crippen LogP contribution in [0.1, 0.15) is 40.5 Å². The molecule has 0 aliphatic rings. The monoisotopic (exact) mass is 337 g/mol. The maximum absolute atomic E-state index is 12.6. The fourth-order valence-electron chi connectivity index (χ4n) is 2.23. The van der Waals surface area contributed by atoms with Crippen LogP contribution < -0.4 is 0 Å². The van der Waals surface area contributed by atoms with Gasteiger partial charge in [0, 0.05) is 24.8 Å². The molecule has 0 aliphatic carbocycles. The Morgan fingerprint density at radius 2 is 1.57 bits per heavy atom. The van der Waals surface area contributed by atoms with Crippen LogP contribution in [0.3, 0.4) is 0 Å². The van der Waals surface area contributed by atoms with Crippen molar-refractivity contribution in [3.05, 3.63) is 36.7 Å². The Hall–Kier alpha value is -1.66. The first-order valence-corrected chi connectivity index (χ1v) is 9.63. The maximum Gasteiger partial charge on any atom is 0.243 e. The summed E-state index contributed by atoms with van der Waals surface area (Å²) < 4.78 is 26.8. The number of hydrogen-bond donors (Lipinski definition) is 1. The van der Waals surface area contributed by atoms with Gasteiger partial charge in [-0.2, -0.15) is 9.40 Å². The Morgan fingerprint density at radius 3 is 2.00 bits per heavy atom. The number of benzene rings is 1. The summed E-state index contributed by atoms with van der Waals surface area (Å²) in [6, 6.07) is 6.95. The van der Waals surface area contributed by atoms with E-state index in [1.54, 1.807) is 28.8 Å². The SMILES string of the molecule is CC.CCCN(CCC)S(=O)(=O)c1ccc(-c2cn[nH]c2)cc1.